The van der Waals surface area contributed by atoms with E-state index in [0.29, 0.717) is 28.6 Å². The molecule has 0 saturated carbocycles. The van der Waals surface area contributed by atoms with Crippen molar-refractivity contribution in [1.82, 2.24) is 9.80 Å². The van der Waals surface area contributed by atoms with Crippen molar-refractivity contribution < 1.29 is 29.3 Å². The lowest BCUT2D eigenvalue weighted by Crippen LogP contribution is -2.45. The number of carboxylic acid groups (broad SMARTS) is 2. The highest BCUT2D eigenvalue weighted by Crippen LogP contribution is 2.34. The van der Waals surface area contributed by atoms with Crippen LogP contribution in [0.25, 0.3) is 0 Å². The van der Waals surface area contributed by atoms with Gasteiger partial charge in [-0.25, -0.2) is 9.59 Å². The molecule has 2 aliphatic heterocycles. The van der Waals surface area contributed by atoms with E-state index < -0.39 is 11.9 Å². The Bertz CT molecular complexity index is 1150. The normalized spacial score (nSPS) is 17.2. The van der Waals surface area contributed by atoms with Crippen LogP contribution >= 0.6 is 23.2 Å². The molecule has 1 saturated heterocycles. The largest absolute Gasteiger partial charge is 0.497 e. The average molecular weight is 549 g/mol. The zero-order valence-corrected chi connectivity index (χ0v) is 22.0. The molecular formula is C27H30Cl2N2O6. The van der Waals surface area contributed by atoms with E-state index >= 15 is 0 Å². The Balaban J connectivity index is 0.000000414. The van der Waals surface area contributed by atoms with Gasteiger partial charge in [0.1, 0.15) is 5.75 Å². The Morgan fingerprint density at radius 1 is 0.973 bits per heavy atom. The first-order valence-electron chi connectivity index (χ1n) is 11.9. The third-order valence-electron chi connectivity index (χ3n) is 6.37. The molecule has 1 atom stereocenters. The summed E-state index contributed by atoms with van der Waals surface area (Å²) in [5, 5.41) is 16.6. The van der Waals surface area contributed by atoms with Crippen LogP contribution < -0.4 is 4.74 Å². The zero-order valence-electron chi connectivity index (χ0n) is 20.5. The minimum Gasteiger partial charge on any atom is -0.497 e. The van der Waals surface area contributed by atoms with Crippen LogP contribution in [0.15, 0.2) is 48.6 Å². The quantitative estimate of drug-likeness (QED) is 0.491. The summed E-state index contributed by atoms with van der Waals surface area (Å²) < 4.78 is 5.41. The molecule has 2 N–H and O–H groups in total. The molecule has 4 rings (SSSR count). The second-order valence-corrected chi connectivity index (χ2v) is 9.67. The molecule has 1 amide bonds. The van der Waals surface area contributed by atoms with Gasteiger partial charge in [-0.2, -0.15) is 0 Å². The monoisotopic (exact) mass is 548 g/mol. The smallest absolute Gasteiger partial charge is 0.328 e. The van der Waals surface area contributed by atoms with Crippen LogP contribution in [0.4, 0.5) is 0 Å². The maximum absolute atomic E-state index is 13.3. The van der Waals surface area contributed by atoms with E-state index in [1.807, 2.05) is 12.1 Å². The minimum atomic E-state index is -1.26. The Kier molecular flexibility index (Phi) is 10.4. The molecule has 2 heterocycles. The predicted molar refractivity (Wildman–Crippen MR) is 141 cm³/mol. The molecule has 8 nitrogen and oxygen atoms in total. The van der Waals surface area contributed by atoms with Gasteiger partial charge in [-0.05, 0) is 73.3 Å². The molecule has 0 spiro atoms. The van der Waals surface area contributed by atoms with Crippen LogP contribution in [0.1, 0.15) is 35.6 Å². The highest BCUT2D eigenvalue weighted by molar-refractivity contribution is 6.42. The second kappa shape index (κ2) is 13.5. The van der Waals surface area contributed by atoms with E-state index in [9.17, 15) is 14.4 Å². The lowest BCUT2D eigenvalue weighted by molar-refractivity contribution is -0.134. The number of ether oxygens (including phenoxy) is 1. The lowest BCUT2D eigenvalue weighted by atomic mass is 9.91. The molecule has 10 heteroatoms. The molecule has 1 unspecified atom stereocenters. The highest BCUT2D eigenvalue weighted by atomic mass is 35.5. The van der Waals surface area contributed by atoms with Gasteiger partial charge in [0.25, 0.3) is 0 Å². The maximum Gasteiger partial charge on any atom is 0.328 e. The Morgan fingerprint density at radius 2 is 1.65 bits per heavy atom. The van der Waals surface area contributed by atoms with Gasteiger partial charge in [0.15, 0.2) is 0 Å². The first-order valence-corrected chi connectivity index (χ1v) is 12.7. The van der Waals surface area contributed by atoms with E-state index in [0.717, 1.165) is 43.9 Å². The molecular weight excluding hydrogens is 519 g/mol. The van der Waals surface area contributed by atoms with E-state index in [2.05, 4.69) is 21.9 Å². The van der Waals surface area contributed by atoms with E-state index in [-0.39, 0.29) is 11.9 Å². The number of benzene rings is 2. The van der Waals surface area contributed by atoms with Crippen LogP contribution in [-0.2, 0) is 27.2 Å². The molecule has 2 aromatic carbocycles. The summed E-state index contributed by atoms with van der Waals surface area (Å²) in [6.07, 6.45) is 4.76. The van der Waals surface area contributed by atoms with Crippen molar-refractivity contribution in [2.75, 3.05) is 33.3 Å². The van der Waals surface area contributed by atoms with Gasteiger partial charge >= 0.3 is 11.9 Å². The van der Waals surface area contributed by atoms with Crippen molar-refractivity contribution in [2.45, 2.75) is 31.7 Å². The fraction of sp³-hybridized carbons (Fsp3) is 0.370. The van der Waals surface area contributed by atoms with Gasteiger partial charge in [-0.1, -0.05) is 35.3 Å². The summed E-state index contributed by atoms with van der Waals surface area (Å²) in [5.74, 6) is -1.51. The predicted octanol–water partition coefficient (Wildman–Crippen LogP) is 4.48. The molecule has 2 aliphatic rings. The van der Waals surface area contributed by atoms with E-state index in [1.54, 1.807) is 19.2 Å². The van der Waals surface area contributed by atoms with Crippen molar-refractivity contribution in [1.29, 1.82) is 0 Å². The number of carbonyl (C=O) groups excluding carboxylic acids is 1. The van der Waals surface area contributed by atoms with Crippen molar-refractivity contribution in [2.24, 2.45) is 0 Å². The standard InChI is InChI=1S/C23H26Cl2N2O2.C4H4O4/c1-29-18-5-6-19-17(14-18)8-11-27(22(19)15-26-9-2-3-10-26)23(28)13-16-4-7-20(24)21(25)12-16;5-3(6)1-2-4(7)8/h4-7,12,14,22H,2-3,8-11,13,15H2,1H3;1-2H,(H,5,6)(H,7,8). The number of amides is 1. The Hall–Kier alpha value is -3.07. The number of fused-ring (bicyclic) bond motifs is 1. The molecule has 0 aromatic heterocycles. The van der Waals surface area contributed by atoms with E-state index in [4.69, 9.17) is 38.2 Å². The first-order chi connectivity index (χ1) is 17.7. The first kappa shape index (κ1) is 28.5. The summed E-state index contributed by atoms with van der Waals surface area (Å²) in [7, 11) is 1.69. The van der Waals surface area contributed by atoms with Gasteiger partial charge in [0.2, 0.25) is 5.91 Å². The van der Waals surface area contributed by atoms with Gasteiger partial charge in [0, 0.05) is 25.2 Å². The average Bonchev–Trinajstić information content (AvgIpc) is 3.38. The topological polar surface area (TPSA) is 107 Å². The molecule has 0 radical (unpaired) electrons. The second-order valence-electron chi connectivity index (χ2n) is 8.86. The Labute approximate surface area is 226 Å². The summed E-state index contributed by atoms with van der Waals surface area (Å²) in [4.78, 5) is 36.9. The van der Waals surface area contributed by atoms with Crippen LogP contribution in [0, 0.1) is 0 Å². The van der Waals surface area contributed by atoms with Crippen LogP contribution in [0.5, 0.6) is 5.75 Å². The fourth-order valence-corrected chi connectivity index (χ4v) is 4.91. The minimum absolute atomic E-state index is 0.0676. The number of halogens is 2. The number of aliphatic carboxylic acids is 2. The molecule has 0 bridgehead atoms. The third-order valence-corrected chi connectivity index (χ3v) is 7.10. The molecule has 1 fully saturated rings. The Morgan fingerprint density at radius 3 is 2.24 bits per heavy atom. The summed E-state index contributed by atoms with van der Waals surface area (Å²) in [6.45, 7) is 3.82. The summed E-state index contributed by atoms with van der Waals surface area (Å²) >= 11 is 12.2. The third kappa shape index (κ3) is 8.21. The number of carbonyl (C=O) groups is 3. The van der Waals surface area contributed by atoms with Gasteiger partial charge in [-0.15, -0.1) is 0 Å². The molecule has 198 valence electrons. The molecule has 0 aliphatic carbocycles. The number of carboxylic acids is 2. The summed E-state index contributed by atoms with van der Waals surface area (Å²) in [6, 6.07) is 11.7. The number of hydrogen-bond donors (Lipinski definition) is 2. The number of hydrogen-bond acceptors (Lipinski definition) is 5. The van der Waals surface area contributed by atoms with Crippen molar-refractivity contribution >= 4 is 41.0 Å². The van der Waals surface area contributed by atoms with Crippen LogP contribution in [-0.4, -0.2) is 71.1 Å². The van der Waals surface area contributed by atoms with Crippen LogP contribution in [0.2, 0.25) is 10.0 Å². The molecule has 37 heavy (non-hydrogen) atoms. The lowest BCUT2D eigenvalue weighted by Gasteiger charge is -2.39. The number of methoxy groups -OCH3 is 1. The highest BCUT2D eigenvalue weighted by Gasteiger charge is 2.33. The summed E-state index contributed by atoms with van der Waals surface area (Å²) in [5.41, 5.74) is 3.42. The fourth-order valence-electron chi connectivity index (χ4n) is 4.59. The van der Waals surface area contributed by atoms with Gasteiger partial charge in [0.05, 0.1) is 29.6 Å². The van der Waals surface area contributed by atoms with Gasteiger partial charge in [-0.3, -0.25) is 4.79 Å². The van der Waals surface area contributed by atoms with Crippen molar-refractivity contribution in [3.63, 3.8) is 0 Å². The van der Waals surface area contributed by atoms with Gasteiger partial charge < -0.3 is 24.7 Å². The van der Waals surface area contributed by atoms with Crippen LogP contribution in [0.3, 0.4) is 0 Å². The maximum atomic E-state index is 13.3. The zero-order chi connectivity index (χ0) is 26.9. The number of likely N-dealkylation sites (tertiary alicyclic amines) is 1. The van der Waals surface area contributed by atoms with Crippen molar-refractivity contribution in [3.05, 3.63) is 75.3 Å². The number of rotatable bonds is 7. The molecule has 2 aromatic rings. The van der Waals surface area contributed by atoms with Crippen molar-refractivity contribution in [3.8, 4) is 5.75 Å². The SMILES string of the molecule is COc1ccc2c(c1)CCN(C(=O)Cc1ccc(Cl)c(Cl)c1)C2CN1CCCC1.O=C(O)C=CC(=O)O. The van der Waals surface area contributed by atoms with E-state index in [1.165, 1.54) is 24.0 Å². The number of nitrogens with zero attached hydrogens (tertiary/aromatic N) is 2.